The molecule has 0 saturated carbocycles. The summed E-state index contributed by atoms with van der Waals surface area (Å²) in [4.78, 5) is 16.9. The van der Waals surface area contributed by atoms with Crippen molar-refractivity contribution in [2.75, 3.05) is 12.3 Å². The molecule has 1 unspecified atom stereocenters. The molecule has 0 fully saturated rings. The number of rotatable bonds is 7. The molecular formula is C25H22F3N5O2. The summed E-state index contributed by atoms with van der Waals surface area (Å²) >= 11 is 0. The summed E-state index contributed by atoms with van der Waals surface area (Å²) in [5, 5.41) is 16.3. The number of nitrogen functional groups attached to an aromatic ring is 1. The van der Waals surface area contributed by atoms with E-state index in [1.807, 2.05) is 0 Å². The number of nitrogens with one attached hydrogen (secondary N) is 1. The number of nitrogens with zero attached hydrogens (tertiary/aromatic N) is 3. The molecule has 0 aliphatic heterocycles. The van der Waals surface area contributed by atoms with Gasteiger partial charge < -0.3 is 16.2 Å². The van der Waals surface area contributed by atoms with Crippen molar-refractivity contribution in [2.24, 2.45) is 7.05 Å². The van der Waals surface area contributed by atoms with Crippen molar-refractivity contribution in [1.29, 1.82) is 0 Å². The first-order valence-corrected chi connectivity index (χ1v) is 10.6. The number of hydrogen-bond acceptors (Lipinski definition) is 5. The largest absolute Gasteiger partial charge is 0.394 e. The predicted molar refractivity (Wildman–Crippen MR) is 125 cm³/mol. The van der Waals surface area contributed by atoms with Crippen LogP contribution in [0.3, 0.4) is 0 Å². The van der Waals surface area contributed by atoms with Crippen LogP contribution in [0.25, 0.3) is 22.3 Å². The molecule has 2 aromatic heterocycles. The number of pyridine rings is 1. The molecule has 2 aromatic carbocycles. The van der Waals surface area contributed by atoms with Crippen molar-refractivity contribution >= 4 is 11.7 Å². The van der Waals surface area contributed by atoms with Gasteiger partial charge in [-0.05, 0) is 47.0 Å². The molecule has 0 bridgehead atoms. The summed E-state index contributed by atoms with van der Waals surface area (Å²) in [6.45, 7) is -1.50. The third kappa shape index (κ3) is 5.17. The van der Waals surface area contributed by atoms with Gasteiger partial charge in [-0.1, -0.05) is 12.1 Å². The van der Waals surface area contributed by atoms with E-state index in [2.05, 4.69) is 15.4 Å². The minimum absolute atomic E-state index is 0.0583. The maximum Gasteiger partial charge on any atom is 0.254 e. The number of nitrogens with two attached hydrogens (primary N) is 1. The zero-order valence-corrected chi connectivity index (χ0v) is 18.7. The third-order valence-electron chi connectivity index (χ3n) is 5.51. The van der Waals surface area contributed by atoms with Crippen LogP contribution in [-0.2, 0) is 13.7 Å². The van der Waals surface area contributed by atoms with Gasteiger partial charge in [-0.2, -0.15) is 5.10 Å². The summed E-state index contributed by atoms with van der Waals surface area (Å²) < 4.78 is 43.4. The average molecular weight is 481 g/mol. The first-order valence-electron chi connectivity index (χ1n) is 10.6. The summed E-state index contributed by atoms with van der Waals surface area (Å²) in [5.74, 6) is -2.18. The SMILES string of the molecule is Cn1cc(-c2cnc(N)c(-c3ccc(C(=O)NC(CO)c4cc(F)cc(CF)c4)c(F)c3)c2)cn1. The average Bonchev–Trinajstić information content (AvgIpc) is 3.28. The number of carbonyl (C=O) groups excluding carboxylic acids is 1. The van der Waals surface area contributed by atoms with Crippen LogP contribution in [0.2, 0.25) is 0 Å². The molecule has 0 saturated heterocycles. The number of aliphatic hydroxyl groups excluding tert-OH is 1. The van der Waals surface area contributed by atoms with Crippen LogP contribution < -0.4 is 11.1 Å². The second-order valence-electron chi connectivity index (χ2n) is 7.99. The van der Waals surface area contributed by atoms with Gasteiger partial charge in [0.2, 0.25) is 0 Å². The zero-order valence-electron chi connectivity index (χ0n) is 18.7. The molecule has 0 aliphatic rings. The van der Waals surface area contributed by atoms with Crippen molar-refractivity contribution in [1.82, 2.24) is 20.1 Å². The number of aryl methyl sites for hydroxylation is 1. The van der Waals surface area contributed by atoms with Crippen LogP contribution in [0.15, 0.2) is 61.1 Å². The lowest BCUT2D eigenvalue weighted by molar-refractivity contribution is 0.0912. The number of aliphatic hydroxyl groups is 1. The van der Waals surface area contributed by atoms with Gasteiger partial charge in [0, 0.05) is 36.1 Å². The van der Waals surface area contributed by atoms with Gasteiger partial charge in [-0.15, -0.1) is 0 Å². The Morgan fingerprint density at radius 1 is 1.11 bits per heavy atom. The molecule has 7 nitrogen and oxygen atoms in total. The van der Waals surface area contributed by atoms with E-state index < -0.39 is 36.9 Å². The first-order chi connectivity index (χ1) is 16.8. The highest BCUT2D eigenvalue weighted by atomic mass is 19.1. The smallest absolute Gasteiger partial charge is 0.254 e. The van der Waals surface area contributed by atoms with Crippen molar-refractivity contribution in [2.45, 2.75) is 12.7 Å². The second kappa shape index (κ2) is 9.98. The number of hydrogen-bond donors (Lipinski definition) is 3. The fourth-order valence-corrected chi connectivity index (χ4v) is 3.73. The van der Waals surface area contributed by atoms with Gasteiger partial charge in [0.05, 0.1) is 24.4 Å². The Kier molecular flexibility index (Phi) is 6.83. The molecule has 180 valence electrons. The van der Waals surface area contributed by atoms with Crippen LogP contribution in [-0.4, -0.2) is 32.4 Å². The Balaban J connectivity index is 1.60. The number of carbonyl (C=O) groups is 1. The predicted octanol–water partition coefficient (Wildman–Crippen LogP) is 3.94. The third-order valence-corrected chi connectivity index (χ3v) is 5.51. The quantitative estimate of drug-likeness (QED) is 0.371. The number of alkyl halides is 1. The Morgan fingerprint density at radius 3 is 2.57 bits per heavy atom. The first kappa shape index (κ1) is 24.0. The zero-order chi connectivity index (χ0) is 25.1. The second-order valence-corrected chi connectivity index (χ2v) is 7.99. The van der Waals surface area contributed by atoms with Crippen LogP contribution in [0.5, 0.6) is 0 Å². The highest BCUT2D eigenvalue weighted by molar-refractivity contribution is 5.95. The van der Waals surface area contributed by atoms with E-state index in [0.717, 1.165) is 29.3 Å². The van der Waals surface area contributed by atoms with E-state index in [4.69, 9.17) is 5.73 Å². The van der Waals surface area contributed by atoms with Crippen LogP contribution in [0.4, 0.5) is 19.0 Å². The topological polar surface area (TPSA) is 106 Å². The number of aromatic nitrogens is 3. The Bertz CT molecular complexity index is 1390. The molecule has 2 heterocycles. The van der Waals surface area contributed by atoms with E-state index in [-0.39, 0.29) is 22.5 Å². The molecule has 10 heteroatoms. The maximum absolute atomic E-state index is 15.0. The highest BCUT2D eigenvalue weighted by Gasteiger charge is 2.20. The molecule has 1 atom stereocenters. The number of halogens is 3. The van der Waals surface area contributed by atoms with Crippen molar-refractivity contribution < 1.29 is 23.1 Å². The lowest BCUT2D eigenvalue weighted by Gasteiger charge is -2.18. The fourth-order valence-electron chi connectivity index (χ4n) is 3.73. The van der Waals surface area contributed by atoms with Crippen molar-refractivity contribution in [3.05, 3.63) is 89.4 Å². The molecule has 35 heavy (non-hydrogen) atoms. The standard InChI is InChI=1S/C25H22F3N5O2/c1-33-12-18(11-31-33)17-7-21(24(29)30-10-17)15-2-3-20(22(28)8-15)25(35)32-23(13-34)16-4-14(9-26)5-19(27)6-16/h2-8,10-12,23,34H,9,13H2,1H3,(H2,29,30)(H,32,35). The van der Waals surface area contributed by atoms with Gasteiger partial charge in [-0.3, -0.25) is 9.48 Å². The molecule has 0 aliphatic carbocycles. The normalized spacial score (nSPS) is 11.9. The lowest BCUT2D eigenvalue weighted by Crippen LogP contribution is -2.31. The molecule has 4 rings (SSSR count). The molecule has 4 aromatic rings. The summed E-state index contributed by atoms with van der Waals surface area (Å²) in [5.41, 5.74) is 8.38. The van der Waals surface area contributed by atoms with E-state index in [0.29, 0.717) is 11.1 Å². The monoisotopic (exact) mass is 481 g/mol. The van der Waals surface area contributed by atoms with Crippen LogP contribution >= 0.6 is 0 Å². The number of benzene rings is 2. The van der Waals surface area contributed by atoms with Crippen LogP contribution in [0, 0.1) is 11.6 Å². The van der Waals surface area contributed by atoms with E-state index in [1.54, 1.807) is 36.4 Å². The molecule has 1 amide bonds. The van der Waals surface area contributed by atoms with Gasteiger partial charge >= 0.3 is 0 Å². The fraction of sp³-hybridized carbons (Fsp3) is 0.160. The van der Waals surface area contributed by atoms with Crippen LogP contribution in [0.1, 0.15) is 27.5 Å². The summed E-state index contributed by atoms with van der Waals surface area (Å²) in [6, 6.07) is 8.08. The maximum atomic E-state index is 15.0. The Morgan fingerprint density at radius 2 is 1.91 bits per heavy atom. The van der Waals surface area contributed by atoms with Crippen molar-refractivity contribution in [3.8, 4) is 22.3 Å². The minimum atomic E-state index is -1.06. The van der Waals surface area contributed by atoms with Gasteiger partial charge in [0.25, 0.3) is 5.91 Å². The Hall–Kier alpha value is -4.18. The molecule has 4 N–H and O–H groups in total. The number of amides is 1. The Labute approximate surface area is 199 Å². The minimum Gasteiger partial charge on any atom is -0.394 e. The summed E-state index contributed by atoms with van der Waals surface area (Å²) in [7, 11) is 1.78. The van der Waals surface area contributed by atoms with Crippen molar-refractivity contribution in [3.63, 3.8) is 0 Å². The summed E-state index contributed by atoms with van der Waals surface area (Å²) in [6.07, 6.45) is 5.05. The van der Waals surface area contributed by atoms with E-state index >= 15 is 0 Å². The number of anilines is 1. The van der Waals surface area contributed by atoms with E-state index in [9.17, 15) is 23.1 Å². The molecule has 0 radical (unpaired) electrons. The van der Waals surface area contributed by atoms with Gasteiger partial charge in [0.15, 0.2) is 0 Å². The van der Waals surface area contributed by atoms with Gasteiger partial charge in [0.1, 0.15) is 24.1 Å². The molecule has 0 spiro atoms. The van der Waals surface area contributed by atoms with Gasteiger partial charge in [-0.25, -0.2) is 18.2 Å². The lowest BCUT2D eigenvalue weighted by atomic mass is 10.00. The molecular weight excluding hydrogens is 459 g/mol. The highest BCUT2D eigenvalue weighted by Crippen LogP contribution is 2.30. The van der Waals surface area contributed by atoms with E-state index in [1.165, 1.54) is 18.2 Å².